The molecule has 27 heavy (non-hydrogen) atoms. The highest BCUT2D eigenvalue weighted by Crippen LogP contribution is 2.31. The smallest absolute Gasteiger partial charge is 0.228 e. The van der Waals surface area contributed by atoms with Crippen molar-refractivity contribution < 1.29 is 9.53 Å². The number of nitrogens with one attached hydrogen (secondary N) is 1. The van der Waals surface area contributed by atoms with Crippen LogP contribution in [-0.2, 0) is 11.2 Å². The van der Waals surface area contributed by atoms with Crippen molar-refractivity contribution in [3.63, 3.8) is 0 Å². The zero-order valence-electron chi connectivity index (χ0n) is 14.8. The first-order valence-electron chi connectivity index (χ1n) is 8.60. The number of rotatable bonds is 5. The molecule has 0 saturated heterocycles. The van der Waals surface area contributed by atoms with Crippen LogP contribution in [0, 0.1) is 0 Å². The summed E-state index contributed by atoms with van der Waals surface area (Å²) in [6, 6.07) is 23.4. The van der Waals surface area contributed by atoms with Crippen LogP contribution in [0.3, 0.4) is 0 Å². The number of carbonyl (C=O) groups is 1. The maximum Gasteiger partial charge on any atom is 0.228 e. The predicted molar refractivity (Wildman–Crippen MR) is 110 cm³/mol. The van der Waals surface area contributed by atoms with Crippen LogP contribution in [0.15, 0.2) is 72.8 Å². The van der Waals surface area contributed by atoms with E-state index in [1.54, 1.807) is 18.4 Å². The first kappa shape index (κ1) is 17.2. The lowest BCUT2D eigenvalue weighted by Gasteiger charge is -2.07. The SMILES string of the molecule is COc1ccc(CC(=O)Nc2cccc(-c3nc4ccccc4s3)c2)cc1. The van der Waals surface area contributed by atoms with Gasteiger partial charge >= 0.3 is 0 Å². The van der Waals surface area contributed by atoms with Crippen LogP contribution < -0.4 is 10.1 Å². The van der Waals surface area contributed by atoms with Crippen LogP contribution in [0.25, 0.3) is 20.8 Å². The molecule has 1 heterocycles. The maximum absolute atomic E-state index is 12.4. The molecule has 0 aliphatic carbocycles. The van der Waals surface area contributed by atoms with E-state index in [-0.39, 0.29) is 5.91 Å². The second-order valence-electron chi connectivity index (χ2n) is 6.14. The van der Waals surface area contributed by atoms with E-state index in [4.69, 9.17) is 4.74 Å². The predicted octanol–water partition coefficient (Wildman–Crippen LogP) is 5.15. The molecule has 0 saturated carbocycles. The highest BCUT2D eigenvalue weighted by Gasteiger charge is 2.09. The Labute approximate surface area is 161 Å². The van der Waals surface area contributed by atoms with Crippen LogP contribution in [-0.4, -0.2) is 18.0 Å². The van der Waals surface area contributed by atoms with Crippen LogP contribution in [0.2, 0.25) is 0 Å². The van der Waals surface area contributed by atoms with Crippen molar-refractivity contribution in [1.29, 1.82) is 0 Å². The molecule has 4 aromatic rings. The van der Waals surface area contributed by atoms with Crippen molar-refractivity contribution in [3.8, 4) is 16.3 Å². The number of amides is 1. The minimum absolute atomic E-state index is 0.0541. The molecule has 3 aromatic carbocycles. The highest BCUT2D eigenvalue weighted by atomic mass is 32.1. The fourth-order valence-corrected chi connectivity index (χ4v) is 3.82. The van der Waals surface area contributed by atoms with Crippen LogP contribution in [0.1, 0.15) is 5.56 Å². The fourth-order valence-electron chi connectivity index (χ4n) is 2.86. The second-order valence-corrected chi connectivity index (χ2v) is 7.17. The van der Waals surface area contributed by atoms with E-state index in [2.05, 4.69) is 16.4 Å². The van der Waals surface area contributed by atoms with Crippen molar-refractivity contribution in [2.45, 2.75) is 6.42 Å². The minimum Gasteiger partial charge on any atom is -0.497 e. The van der Waals surface area contributed by atoms with Crippen molar-refractivity contribution in [2.24, 2.45) is 0 Å². The van der Waals surface area contributed by atoms with Gasteiger partial charge in [0.1, 0.15) is 10.8 Å². The summed E-state index contributed by atoms with van der Waals surface area (Å²) in [7, 11) is 1.63. The highest BCUT2D eigenvalue weighted by molar-refractivity contribution is 7.21. The molecule has 0 bridgehead atoms. The van der Waals surface area contributed by atoms with E-state index in [0.29, 0.717) is 6.42 Å². The Kier molecular flexibility index (Phi) is 4.85. The average molecular weight is 374 g/mol. The molecule has 0 radical (unpaired) electrons. The second kappa shape index (κ2) is 7.60. The summed E-state index contributed by atoms with van der Waals surface area (Å²) < 4.78 is 6.30. The number of methoxy groups -OCH3 is 1. The Hall–Kier alpha value is -3.18. The number of ether oxygens (including phenoxy) is 1. The number of para-hydroxylation sites is 1. The van der Waals surface area contributed by atoms with Crippen molar-refractivity contribution in [2.75, 3.05) is 12.4 Å². The minimum atomic E-state index is -0.0541. The van der Waals surface area contributed by atoms with Gasteiger partial charge in [0, 0.05) is 11.3 Å². The molecule has 1 amide bonds. The zero-order valence-corrected chi connectivity index (χ0v) is 15.6. The van der Waals surface area contributed by atoms with E-state index < -0.39 is 0 Å². The van der Waals surface area contributed by atoms with E-state index in [9.17, 15) is 4.79 Å². The Morgan fingerprint density at radius 3 is 2.63 bits per heavy atom. The monoisotopic (exact) mass is 374 g/mol. The molecule has 1 aromatic heterocycles. The topological polar surface area (TPSA) is 51.2 Å². The summed E-state index contributed by atoms with van der Waals surface area (Å²) in [5, 5.41) is 3.92. The third kappa shape index (κ3) is 3.99. The van der Waals surface area contributed by atoms with Gasteiger partial charge in [-0.1, -0.05) is 36.4 Å². The summed E-state index contributed by atoms with van der Waals surface area (Å²) in [6.07, 6.45) is 0.315. The molecule has 0 aliphatic heterocycles. The molecule has 0 atom stereocenters. The molecule has 4 rings (SSSR count). The zero-order chi connectivity index (χ0) is 18.6. The molecular weight excluding hydrogens is 356 g/mol. The van der Waals surface area contributed by atoms with Crippen LogP contribution in [0.4, 0.5) is 5.69 Å². The van der Waals surface area contributed by atoms with Crippen molar-refractivity contribution in [1.82, 2.24) is 4.98 Å². The third-order valence-electron chi connectivity index (χ3n) is 4.21. The number of anilines is 1. The number of nitrogens with zero attached hydrogens (tertiary/aromatic N) is 1. The van der Waals surface area contributed by atoms with Gasteiger partial charge in [0.05, 0.1) is 23.7 Å². The average Bonchev–Trinajstić information content (AvgIpc) is 3.13. The van der Waals surface area contributed by atoms with Gasteiger partial charge in [-0.2, -0.15) is 0 Å². The number of hydrogen-bond donors (Lipinski definition) is 1. The number of carbonyl (C=O) groups excluding carboxylic acids is 1. The van der Waals surface area contributed by atoms with Gasteiger partial charge in [-0.3, -0.25) is 4.79 Å². The summed E-state index contributed by atoms with van der Waals surface area (Å²) in [4.78, 5) is 17.1. The first-order chi connectivity index (χ1) is 13.2. The molecule has 5 heteroatoms. The fraction of sp³-hybridized carbons (Fsp3) is 0.0909. The summed E-state index contributed by atoms with van der Waals surface area (Å²) in [5.41, 5.74) is 3.70. The molecule has 0 fully saturated rings. The van der Waals surface area contributed by atoms with Gasteiger partial charge in [0.15, 0.2) is 0 Å². The summed E-state index contributed by atoms with van der Waals surface area (Å²) in [5.74, 6) is 0.726. The van der Waals surface area contributed by atoms with Gasteiger partial charge in [0.2, 0.25) is 5.91 Å². The number of thiazole rings is 1. The Balaban J connectivity index is 1.49. The largest absolute Gasteiger partial charge is 0.497 e. The van der Waals surface area contributed by atoms with Gasteiger partial charge in [-0.15, -0.1) is 11.3 Å². The summed E-state index contributed by atoms with van der Waals surface area (Å²) in [6.45, 7) is 0. The molecule has 0 unspecified atom stereocenters. The molecule has 1 N–H and O–H groups in total. The Morgan fingerprint density at radius 1 is 1.04 bits per heavy atom. The van der Waals surface area contributed by atoms with Gasteiger partial charge in [-0.05, 0) is 42.0 Å². The Bertz CT molecular complexity index is 1050. The van der Waals surface area contributed by atoms with E-state index in [1.807, 2.05) is 66.7 Å². The van der Waals surface area contributed by atoms with Crippen LogP contribution >= 0.6 is 11.3 Å². The maximum atomic E-state index is 12.4. The molecule has 0 aliphatic rings. The van der Waals surface area contributed by atoms with Gasteiger partial charge in [0.25, 0.3) is 0 Å². The third-order valence-corrected chi connectivity index (χ3v) is 5.30. The van der Waals surface area contributed by atoms with E-state index in [0.717, 1.165) is 37.8 Å². The van der Waals surface area contributed by atoms with E-state index in [1.165, 1.54) is 0 Å². The standard InChI is InChI=1S/C22H18N2O2S/c1-26-18-11-9-15(10-12-18)13-21(25)23-17-6-4-5-16(14-17)22-24-19-7-2-3-8-20(19)27-22/h2-12,14H,13H2,1H3,(H,23,25). The molecular formula is C22H18N2O2S. The summed E-state index contributed by atoms with van der Waals surface area (Å²) >= 11 is 1.65. The van der Waals surface area contributed by atoms with E-state index >= 15 is 0 Å². The number of fused-ring (bicyclic) bond motifs is 1. The number of aromatic nitrogens is 1. The quantitative estimate of drug-likeness (QED) is 0.525. The molecule has 134 valence electrons. The Morgan fingerprint density at radius 2 is 1.85 bits per heavy atom. The van der Waals surface area contributed by atoms with Crippen LogP contribution in [0.5, 0.6) is 5.75 Å². The number of hydrogen-bond acceptors (Lipinski definition) is 4. The normalized spacial score (nSPS) is 10.7. The van der Waals surface area contributed by atoms with Gasteiger partial charge < -0.3 is 10.1 Å². The lowest BCUT2D eigenvalue weighted by atomic mass is 10.1. The van der Waals surface area contributed by atoms with Crippen molar-refractivity contribution >= 4 is 33.1 Å². The molecule has 4 nitrogen and oxygen atoms in total. The first-order valence-corrected chi connectivity index (χ1v) is 9.42. The number of benzene rings is 3. The lowest BCUT2D eigenvalue weighted by Crippen LogP contribution is -2.14. The van der Waals surface area contributed by atoms with Crippen molar-refractivity contribution in [3.05, 3.63) is 78.4 Å². The lowest BCUT2D eigenvalue weighted by molar-refractivity contribution is -0.115. The van der Waals surface area contributed by atoms with Gasteiger partial charge in [-0.25, -0.2) is 4.98 Å². The molecule has 0 spiro atoms.